The minimum absolute atomic E-state index is 0.132. The van der Waals surface area contributed by atoms with Gasteiger partial charge >= 0.3 is 6.03 Å². The number of methoxy groups -OCH3 is 2. The van der Waals surface area contributed by atoms with E-state index in [1.54, 1.807) is 14.2 Å². The number of carbonyl (C=O) groups excluding carboxylic acids is 1. The number of nitrogens with one attached hydrogen (secondary N) is 2. The lowest BCUT2D eigenvalue weighted by molar-refractivity contribution is 0.111. The van der Waals surface area contributed by atoms with E-state index in [-0.39, 0.29) is 12.1 Å². The van der Waals surface area contributed by atoms with Crippen molar-refractivity contribution in [1.82, 2.24) is 10.6 Å². The first-order valence-corrected chi connectivity index (χ1v) is 8.07. The first kappa shape index (κ1) is 17.4. The summed E-state index contributed by atoms with van der Waals surface area (Å²) in [5.74, 6) is 1.45. The van der Waals surface area contributed by atoms with Crippen molar-refractivity contribution >= 4 is 6.03 Å². The Kier molecular flexibility index (Phi) is 7.00. The molecular weight excluding hydrogens is 296 g/mol. The molecule has 0 bridgehead atoms. The van der Waals surface area contributed by atoms with Gasteiger partial charge in [-0.2, -0.15) is 0 Å². The van der Waals surface area contributed by atoms with Crippen molar-refractivity contribution in [2.24, 2.45) is 0 Å². The lowest BCUT2D eigenvalue weighted by Gasteiger charge is -2.12. The van der Waals surface area contributed by atoms with Crippen LogP contribution in [0.3, 0.4) is 0 Å². The molecule has 1 fully saturated rings. The fraction of sp³-hybridized carbons (Fsp3) is 0.588. The van der Waals surface area contributed by atoms with Gasteiger partial charge in [0, 0.05) is 19.7 Å². The van der Waals surface area contributed by atoms with Crippen molar-refractivity contribution in [3.63, 3.8) is 0 Å². The van der Waals surface area contributed by atoms with Crippen LogP contribution in [-0.2, 0) is 11.2 Å². The fourth-order valence-electron chi connectivity index (χ4n) is 2.60. The summed E-state index contributed by atoms with van der Waals surface area (Å²) < 4.78 is 16.0. The minimum Gasteiger partial charge on any atom is -0.493 e. The molecular formula is C17H26N2O4. The van der Waals surface area contributed by atoms with E-state index < -0.39 is 0 Å². The van der Waals surface area contributed by atoms with Gasteiger partial charge in [0.05, 0.1) is 20.3 Å². The molecule has 1 aliphatic heterocycles. The number of rotatable bonds is 8. The van der Waals surface area contributed by atoms with Gasteiger partial charge in [-0.05, 0) is 43.4 Å². The smallest absolute Gasteiger partial charge is 0.314 e. The van der Waals surface area contributed by atoms with Crippen LogP contribution in [0, 0.1) is 0 Å². The van der Waals surface area contributed by atoms with Crippen LogP contribution in [0.25, 0.3) is 0 Å². The number of urea groups is 1. The van der Waals surface area contributed by atoms with Gasteiger partial charge in [0.1, 0.15) is 0 Å². The van der Waals surface area contributed by atoms with E-state index in [0.717, 1.165) is 49.4 Å². The molecule has 23 heavy (non-hydrogen) atoms. The van der Waals surface area contributed by atoms with Crippen LogP contribution in [0.1, 0.15) is 24.8 Å². The van der Waals surface area contributed by atoms with Crippen molar-refractivity contribution in [2.45, 2.75) is 31.8 Å². The molecule has 6 nitrogen and oxygen atoms in total. The molecule has 1 heterocycles. The number of hydrogen-bond acceptors (Lipinski definition) is 4. The molecule has 6 heteroatoms. The van der Waals surface area contributed by atoms with Gasteiger partial charge in [-0.1, -0.05) is 6.07 Å². The third kappa shape index (κ3) is 5.63. The van der Waals surface area contributed by atoms with Crippen molar-refractivity contribution in [1.29, 1.82) is 0 Å². The van der Waals surface area contributed by atoms with Crippen LogP contribution in [0.5, 0.6) is 11.5 Å². The standard InChI is InChI=1S/C17H26N2O4/c1-21-15-8-7-13(11-16(15)22-2)5-3-9-18-17(20)19-12-14-6-4-10-23-14/h7-8,11,14H,3-6,9-10,12H2,1-2H3,(H2,18,19,20)/t14-/m1/s1. The Morgan fingerprint density at radius 2 is 2.09 bits per heavy atom. The van der Waals surface area contributed by atoms with Crippen LogP contribution in [0.15, 0.2) is 18.2 Å². The second-order valence-electron chi connectivity index (χ2n) is 5.56. The Labute approximate surface area is 137 Å². The van der Waals surface area contributed by atoms with E-state index >= 15 is 0 Å². The highest BCUT2D eigenvalue weighted by Gasteiger charge is 2.15. The minimum atomic E-state index is -0.132. The fourth-order valence-corrected chi connectivity index (χ4v) is 2.60. The van der Waals surface area contributed by atoms with E-state index in [2.05, 4.69) is 10.6 Å². The van der Waals surface area contributed by atoms with Crippen LogP contribution in [-0.4, -0.2) is 46.1 Å². The SMILES string of the molecule is COc1ccc(CCCNC(=O)NC[C@H]2CCCO2)cc1OC. The Balaban J connectivity index is 1.63. The molecule has 1 aliphatic rings. The van der Waals surface area contributed by atoms with Crippen LogP contribution in [0.2, 0.25) is 0 Å². The molecule has 1 aromatic carbocycles. The number of benzene rings is 1. The molecule has 1 aromatic rings. The zero-order valence-electron chi connectivity index (χ0n) is 13.9. The summed E-state index contributed by atoms with van der Waals surface area (Å²) in [7, 11) is 3.25. The van der Waals surface area contributed by atoms with E-state index in [1.807, 2.05) is 18.2 Å². The third-order valence-electron chi connectivity index (χ3n) is 3.89. The number of ether oxygens (including phenoxy) is 3. The lowest BCUT2D eigenvalue weighted by Crippen LogP contribution is -2.40. The van der Waals surface area contributed by atoms with Crippen LogP contribution < -0.4 is 20.1 Å². The second kappa shape index (κ2) is 9.25. The van der Waals surface area contributed by atoms with E-state index in [0.29, 0.717) is 13.1 Å². The average Bonchev–Trinajstić information content (AvgIpc) is 3.10. The summed E-state index contributed by atoms with van der Waals surface area (Å²) in [5.41, 5.74) is 1.16. The number of amides is 2. The lowest BCUT2D eigenvalue weighted by atomic mass is 10.1. The zero-order valence-corrected chi connectivity index (χ0v) is 13.9. The van der Waals surface area contributed by atoms with E-state index in [4.69, 9.17) is 14.2 Å². The zero-order chi connectivity index (χ0) is 16.5. The predicted molar refractivity (Wildman–Crippen MR) is 88.2 cm³/mol. The highest BCUT2D eigenvalue weighted by atomic mass is 16.5. The topological polar surface area (TPSA) is 68.8 Å². The van der Waals surface area contributed by atoms with Gasteiger partial charge in [-0.15, -0.1) is 0 Å². The van der Waals surface area contributed by atoms with Crippen molar-refractivity contribution in [3.8, 4) is 11.5 Å². The Bertz CT molecular complexity index is 501. The normalized spacial score (nSPS) is 16.9. The summed E-state index contributed by atoms with van der Waals surface area (Å²) in [4.78, 5) is 11.7. The van der Waals surface area contributed by atoms with Gasteiger partial charge < -0.3 is 24.8 Å². The Morgan fingerprint density at radius 3 is 2.78 bits per heavy atom. The first-order chi connectivity index (χ1) is 11.2. The quantitative estimate of drug-likeness (QED) is 0.719. The van der Waals surface area contributed by atoms with Crippen molar-refractivity contribution in [2.75, 3.05) is 33.9 Å². The maximum absolute atomic E-state index is 11.7. The number of carbonyl (C=O) groups is 1. The summed E-state index contributed by atoms with van der Waals surface area (Å²) in [6, 6.07) is 5.75. The monoisotopic (exact) mass is 322 g/mol. The maximum atomic E-state index is 11.7. The van der Waals surface area contributed by atoms with Gasteiger partial charge in [0.15, 0.2) is 11.5 Å². The maximum Gasteiger partial charge on any atom is 0.314 e. The molecule has 0 unspecified atom stereocenters. The van der Waals surface area contributed by atoms with Gasteiger partial charge in [-0.25, -0.2) is 4.79 Å². The third-order valence-corrected chi connectivity index (χ3v) is 3.89. The highest BCUT2D eigenvalue weighted by molar-refractivity contribution is 5.73. The molecule has 0 saturated carbocycles. The Morgan fingerprint density at radius 1 is 1.26 bits per heavy atom. The highest BCUT2D eigenvalue weighted by Crippen LogP contribution is 2.27. The number of hydrogen-bond donors (Lipinski definition) is 2. The molecule has 1 atom stereocenters. The summed E-state index contributed by atoms with van der Waals surface area (Å²) in [5, 5.41) is 5.71. The molecule has 128 valence electrons. The summed E-state index contributed by atoms with van der Waals surface area (Å²) in [6.07, 6.45) is 4.01. The van der Waals surface area contributed by atoms with Gasteiger partial charge in [-0.3, -0.25) is 0 Å². The van der Waals surface area contributed by atoms with Gasteiger partial charge in [0.2, 0.25) is 0 Å². The molecule has 2 rings (SSSR count). The molecule has 0 aliphatic carbocycles. The Hall–Kier alpha value is -1.95. The molecule has 0 aromatic heterocycles. The van der Waals surface area contributed by atoms with E-state index in [1.165, 1.54) is 0 Å². The summed E-state index contributed by atoms with van der Waals surface area (Å²) >= 11 is 0. The summed E-state index contributed by atoms with van der Waals surface area (Å²) in [6.45, 7) is 2.02. The molecule has 2 N–H and O–H groups in total. The first-order valence-electron chi connectivity index (χ1n) is 8.07. The predicted octanol–water partition coefficient (Wildman–Crippen LogP) is 2.11. The molecule has 1 saturated heterocycles. The second-order valence-corrected chi connectivity index (χ2v) is 5.56. The van der Waals surface area contributed by atoms with Crippen LogP contribution in [0.4, 0.5) is 4.79 Å². The van der Waals surface area contributed by atoms with Crippen LogP contribution >= 0.6 is 0 Å². The molecule has 0 spiro atoms. The van der Waals surface area contributed by atoms with Crippen molar-refractivity contribution in [3.05, 3.63) is 23.8 Å². The average molecular weight is 322 g/mol. The largest absolute Gasteiger partial charge is 0.493 e. The van der Waals surface area contributed by atoms with Gasteiger partial charge in [0.25, 0.3) is 0 Å². The number of aryl methyl sites for hydroxylation is 1. The molecule has 2 amide bonds. The van der Waals surface area contributed by atoms with Crippen molar-refractivity contribution < 1.29 is 19.0 Å². The van der Waals surface area contributed by atoms with E-state index in [9.17, 15) is 4.79 Å². The molecule has 0 radical (unpaired) electrons.